The molecule has 18 heavy (non-hydrogen) atoms. The molecule has 4 heteroatoms. The zero-order valence-electron chi connectivity index (χ0n) is 10.9. The molecule has 0 atom stereocenters. The molecule has 0 spiro atoms. The van der Waals surface area contributed by atoms with Gasteiger partial charge < -0.3 is 10.1 Å². The van der Waals surface area contributed by atoms with Gasteiger partial charge in [-0.1, -0.05) is 6.92 Å². The van der Waals surface area contributed by atoms with Crippen LogP contribution < -0.4 is 10.1 Å². The molecule has 0 aliphatic carbocycles. The summed E-state index contributed by atoms with van der Waals surface area (Å²) >= 11 is 0. The number of benzene rings is 1. The van der Waals surface area contributed by atoms with E-state index >= 15 is 0 Å². The van der Waals surface area contributed by atoms with Crippen LogP contribution in [-0.4, -0.2) is 43.7 Å². The van der Waals surface area contributed by atoms with Gasteiger partial charge in [-0.05, 0) is 37.2 Å². The minimum absolute atomic E-state index is 0.226. The number of nitrogens with zero attached hydrogens (tertiary/aromatic N) is 1. The van der Waals surface area contributed by atoms with Crippen molar-refractivity contribution in [2.75, 3.05) is 32.8 Å². The summed E-state index contributed by atoms with van der Waals surface area (Å²) in [4.78, 5) is 2.46. The highest BCUT2D eigenvalue weighted by Crippen LogP contribution is 2.11. The van der Waals surface area contributed by atoms with Gasteiger partial charge in [0, 0.05) is 25.7 Å². The lowest BCUT2D eigenvalue weighted by molar-refractivity contribution is 0.122. The molecule has 1 aliphatic rings. The molecule has 0 saturated carbocycles. The third kappa shape index (κ3) is 3.68. The molecule has 1 aromatic rings. The van der Waals surface area contributed by atoms with Crippen molar-refractivity contribution in [2.24, 2.45) is 0 Å². The lowest BCUT2D eigenvalue weighted by Crippen LogP contribution is -2.58. The Morgan fingerprint density at radius 1 is 1.28 bits per heavy atom. The van der Waals surface area contributed by atoms with Crippen LogP contribution in [0.25, 0.3) is 0 Å². The van der Waals surface area contributed by atoms with E-state index in [0.29, 0.717) is 12.6 Å². The van der Waals surface area contributed by atoms with E-state index in [1.54, 1.807) is 12.1 Å². The molecule has 1 N–H and O–H groups in total. The molecular formula is C14H21FN2O. The van der Waals surface area contributed by atoms with Gasteiger partial charge >= 0.3 is 0 Å². The Morgan fingerprint density at radius 2 is 2.00 bits per heavy atom. The Bertz CT molecular complexity index is 351. The normalized spacial score (nSPS) is 15.7. The Kier molecular flexibility index (Phi) is 4.96. The molecule has 0 radical (unpaired) electrons. The van der Waals surface area contributed by atoms with Gasteiger partial charge in [-0.25, -0.2) is 4.39 Å². The molecule has 0 bridgehead atoms. The summed E-state index contributed by atoms with van der Waals surface area (Å²) in [5.41, 5.74) is 0. The molecule has 1 heterocycles. The molecule has 3 nitrogen and oxygen atoms in total. The van der Waals surface area contributed by atoms with Crippen molar-refractivity contribution >= 4 is 0 Å². The topological polar surface area (TPSA) is 24.5 Å². The molecular weight excluding hydrogens is 231 g/mol. The Balaban J connectivity index is 1.73. The second-order valence-corrected chi connectivity index (χ2v) is 4.65. The monoisotopic (exact) mass is 252 g/mol. The number of hydrogen-bond donors (Lipinski definition) is 1. The van der Waals surface area contributed by atoms with Crippen LogP contribution in [-0.2, 0) is 0 Å². The maximum Gasteiger partial charge on any atom is 0.123 e. The van der Waals surface area contributed by atoms with E-state index in [0.717, 1.165) is 38.3 Å². The zero-order chi connectivity index (χ0) is 12.8. The van der Waals surface area contributed by atoms with Crippen molar-refractivity contribution in [1.82, 2.24) is 10.2 Å². The third-order valence-electron chi connectivity index (χ3n) is 3.25. The minimum atomic E-state index is -0.226. The SMILES string of the molecule is CCCN(CCOc1ccc(F)cc1)C1CNC1. The second kappa shape index (κ2) is 6.71. The Hall–Kier alpha value is -1.13. The smallest absolute Gasteiger partial charge is 0.123 e. The largest absolute Gasteiger partial charge is 0.492 e. The maximum absolute atomic E-state index is 12.7. The van der Waals surface area contributed by atoms with E-state index in [1.165, 1.54) is 12.1 Å². The summed E-state index contributed by atoms with van der Waals surface area (Å²) in [6, 6.07) is 6.85. The predicted octanol–water partition coefficient (Wildman–Crippen LogP) is 1.89. The van der Waals surface area contributed by atoms with Gasteiger partial charge in [0.1, 0.15) is 18.2 Å². The molecule has 1 saturated heterocycles. The number of nitrogens with one attached hydrogen (secondary N) is 1. The lowest BCUT2D eigenvalue weighted by Gasteiger charge is -2.38. The molecule has 0 amide bonds. The average Bonchev–Trinajstić information content (AvgIpc) is 2.30. The van der Waals surface area contributed by atoms with Gasteiger partial charge in [0.15, 0.2) is 0 Å². The van der Waals surface area contributed by atoms with E-state index in [9.17, 15) is 4.39 Å². The fourth-order valence-corrected chi connectivity index (χ4v) is 2.11. The standard InChI is InChI=1S/C14H21FN2O/c1-2-7-17(13-10-16-11-13)8-9-18-14-5-3-12(15)4-6-14/h3-6,13,16H,2,7-11H2,1H3. The van der Waals surface area contributed by atoms with Crippen LogP contribution in [0.15, 0.2) is 24.3 Å². The van der Waals surface area contributed by atoms with E-state index < -0.39 is 0 Å². The van der Waals surface area contributed by atoms with E-state index in [4.69, 9.17) is 4.74 Å². The summed E-state index contributed by atoms with van der Waals surface area (Å²) in [6.07, 6.45) is 1.16. The number of rotatable bonds is 7. The highest BCUT2D eigenvalue weighted by atomic mass is 19.1. The Morgan fingerprint density at radius 3 is 2.56 bits per heavy atom. The van der Waals surface area contributed by atoms with Crippen molar-refractivity contribution in [1.29, 1.82) is 0 Å². The molecule has 1 aliphatic heterocycles. The van der Waals surface area contributed by atoms with Crippen molar-refractivity contribution < 1.29 is 9.13 Å². The van der Waals surface area contributed by atoms with Crippen molar-refractivity contribution in [3.8, 4) is 5.75 Å². The predicted molar refractivity (Wildman–Crippen MR) is 70.4 cm³/mol. The summed E-state index contributed by atoms with van der Waals surface area (Å²) in [5, 5.41) is 3.29. The molecule has 1 fully saturated rings. The second-order valence-electron chi connectivity index (χ2n) is 4.65. The van der Waals surface area contributed by atoms with Crippen LogP contribution in [0.3, 0.4) is 0 Å². The first-order valence-corrected chi connectivity index (χ1v) is 6.62. The van der Waals surface area contributed by atoms with Crippen molar-refractivity contribution in [3.63, 3.8) is 0 Å². The van der Waals surface area contributed by atoms with Gasteiger partial charge in [-0.3, -0.25) is 4.90 Å². The molecule has 0 unspecified atom stereocenters. The van der Waals surface area contributed by atoms with Gasteiger partial charge in [0.05, 0.1) is 0 Å². The summed E-state index contributed by atoms with van der Waals surface area (Å²) < 4.78 is 18.4. The highest BCUT2D eigenvalue weighted by molar-refractivity contribution is 5.21. The van der Waals surface area contributed by atoms with Crippen molar-refractivity contribution in [2.45, 2.75) is 19.4 Å². The number of ether oxygens (including phenoxy) is 1. The van der Waals surface area contributed by atoms with E-state index in [2.05, 4.69) is 17.1 Å². The van der Waals surface area contributed by atoms with Crippen molar-refractivity contribution in [3.05, 3.63) is 30.1 Å². The van der Waals surface area contributed by atoms with Crippen LogP contribution in [0.2, 0.25) is 0 Å². The minimum Gasteiger partial charge on any atom is -0.492 e. The fourth-order valence-electron chi connectivity index (χ4n) is 2.11. The average molecular weight is 252 g/mol. The van der Waals surface area contributed by atoms with Crippen LogP contribution in [0.1, 0.15) is 13.3 Å². The molecule has 2 rings (SSSR count). The first-order chi connectivity index (χ1) is 8.79. The molecule has 1 aromatic carbocycles. The first-order valence-electron chi connectivity index (χ1n) is 6.62. The van der Waals surface area contributed by atoms with Gasteiger partial charge in [0.25, 0.3) is 0 Å². The molecule has 100 valence electrons. The zero-order valence-corrected chi connectivity index (χ0v) is 10.9. The quantitative estimate of drug-likeness (QED) is 0.802. The van der Waals surface area contributed by atoms with Crippen LogP contribution in [0.4, 0.5) is 4.39 Å². The number of halogens is 1. The summed E-state index contributed by atoms with van der Waals surface area (Å²) in [7, 11) is 0. The Labute approximate surface area is 108 Å². The fraction of sp³-hybridized carbons (Fsp3) is 0.571. The summed E-state index contributed by atoms with van der Waals surface area (Å²) in [5.74, 6) is 0.509. The maximum atomic E-state index is 12.7. The van der Waals surface area contributed by atoms with Gasteiger partial charge in [0.2, 0.25) is 0 Å². The van der Waals surface area contributed by atoms with Crippen LogP contribution >= 0.6 is 0 Å². The van der Waals surface area contributed by atoms with E-state index in [-0.39, 0.29) is 5.82 Å². The third-order valence-corrected chi connectivity index (χ3v) is 3.25. The van der Waals surface area contributed by atoms with Gasteiger partial charge in [-0.15, -0.1) is 0 Å². The van der Waals surface area contributed by atoms with Crippen LogP contribution in [0, 0.1) is 5.82 Å². The summed E-state index contributed by atoms with van der Waals surface area (Å²) in [6.45, 7) is 7.05. The highest BCUT2D eigenvalue weighted by Gasteiger charge is 2.23. The number of hydrogen-bond acceptors (Lipinski definition) is 3. The lowest BCUT2D eigenvalue weighted by atomic mass is 10.1. The van der Waals surface area contributed by atoms with E-state index in [1.807, 2.05) is 0 Å². The van der Waals surface area contributed by atoms with Crippen LogP contribution in [0.5, 0.6) is 5.75 Å². The first kappa shape index (κ1) is 13.3. The van der Waals surface area contributed by atoms with Gasteiger partial charge in [-0.2, -0.15) is 0 Å². The molecule has 0 aromatic heterocycles.